The Kier molecular flexibility index (Phi) is 4.63. The summed E-state index contributed by atoms with van der Waals surface area (Å²) in [6.45, 7) is -0.299. The number of rotatable bonds is 4. The highest BCUT2D eigenvalue weighted by Crippen LogP contribution is 2.32. The number of hydrogen-bond donors (Lipinski definition) is 1. The van der Waals surface area contributed by atoms with Crippen molar-refractivity contribution in [3.05, 3.63) is 58.8 Å². The monoisotopic (exact) mass is 445 g/mol. The number of amides is 3. The van der Waals surface area contributed by atoms with E-state index >= 15 is 0 Å². The van der Waals surface area contributed by atoms with Crippen LogP contribution in [-0.2, 0) is 14.4 Å². The standard InChI is InChI=1S/C18H13BrFN5O3/c19-10-3-1-6-13(7-10)25-17(27)15-16(18(25)28)24(23-22-15)9-14(26)21-12-5-2-4-11(20)8-12/h1-8,15-16H,9H2,(H,21,26)/t15-,16+/m1/s1. The number of halogens is 2. The van der Waals surface area contributed by atoms with E-state index in [0.29, 0.717) is 5.69 Å². The molecule has 1 fully saturated rings. The molecule has 0 spiro atoms. The van der Waals surface area contributed by atoms with Gasteiger partial charge >= 0.3 is 0 Å². The van der Waals surface area contributed by atoms with Crippen LogP contribution < -0.4 is 10.2 Å². The highest BCUT2D eigenvalue weighted by molar-refractivity contribution is 9.10. The van der Waals surface area contributed by atoms with E-state index in [-0.39, 0.29) is 12.2 Å². The zero-order valence-corrected chi connectivity index (χ0v) is 15.8. The molecule has 3 amide bonds. The summed E-state index contributed by atoms with van der Waals surface area (Å²) in [6.07, 6.45) is 0. The van der Waals surface area contributed by atoms with Crippen molar-refractivity contribution >= 4 is 45.0 Å². The van der Waals surface area contributed by atoms with Gasteiger partial charge in [-0.15, -0.1) is 0 Å². The molecular formula is C18H13BrFN5O3. The predicted octanol–water partition coefficient (Wildman–Crippen LogP) is 2.52. The number of benzene rings is 2. The van der Waals surface area contributed by atoms with E-state index in [2.05, 4.69) is 31.6 Å². The third-order valence-corrected chi connectivity index (χ3v) is 4.83. The Morgan fingerprint density at radius 1 is 1.14 bits per heavy atom. The summed E-state index contributed by atoms with van der Waals surface area (Å²) < 4.78 is 14.0. The van der Waals surface area contributed by atoms with E-state index in [4.69, 9.17) is 0 Å². The summed E-state index contributed by atoms with van der Waals surface area (Å²) in [5.41, 5.74) is 0.695. The number of imide groups is 1. The Morgan fingerprint density at radius 2 is 1.93 bits per heavy atom. The van der Waals surface area contributed by atoms with Gasteiger partial charge < -0.3 is 5.32 Å². The molecule has 0 radical (unpaired) electrons. The minimum absolute atomic E-state index is 0.280. The first kappa shape index (κ1) is 18.2. The minimum Gasteiger partial charge on any atom is -0.324 e. The largest absolute Gasteiger partial charge is 0.324 e. The number of carbonyl (C=O) groups excluding carboxylic acids is 3. The van der Waals surface area contributed by atoms with Gasteiger partial charge in [0.05, 0.1) is 5.69 Å². The average molecular weight is 446 g/mol. The Labute approximate surface area is 167 Å². The molecule has 0 bridgehead atoms. The highest BCUT2D eigenvalue weighted by Gasteiger charge is 2.55. The van der Waals surface area contributed by atoms with Crippen molar-refractivity contribution in [2.24, 2.45) is 10.3 Å². The van der Waals surface area contributed by atoms with Crippen LogP contribution in [0, 0.1) is 5.82 Å². The van der Waals surface area contributed by atoms with Gasteiger partial charge in [0.2, 0.25) is 5.91 Å². The van der Waals surface area contributed by atoms with E-state index in [9.17, 15) is 18.8 Å². The average Bonchev–Trinajstić information content (AvgIpc) is 3.15. The van der Waals surface area contributed by atoms with Gasteiger partial charge in [-0.2, -0.15) is 5.11 Å². The van der Waals surface area contributed by atoms with Gasteiger partial charge in [-0.1, -0.05) is 33.3 Å². The van der Waals surface area contributed by atoms with Gasteiger partial charge in [0.15, 0.2) is 12.1 Å². The van der Waals surface area contributed by atoms with Crippen LogP contribution in [0.15, 0.2) is 63.3 Å². The van der Waals surface area contributed by atoms with Crippen LogP contribution in [0.3, 0.4) is 0 Å². The second kappa shape index (κ2) is 7.12. The molecule has 2 aliphatic rings. The van der Waals surface area contributed by atoms with Gasteiger partial charge in [0, 0.05) is 10.2 Å². The van der Waals surface area contributed by atoms with Crippen molar-refractivity contribution in [2.75, 3.05) is 16.8 Å². The van der Waals surface area contributed by atoms with Crippen molar-refractivity contribution in [2.45, 2.75) is 12.1 Å². The van der Waals surface area contributed by atoms with Crippen LogP contribution in [0.2, 0.25) is 0 Å². The Bertz CT molecular complexity index is 1010. The molecule has 28 heavy (non-hydrogen) atoms. The lowest BCUT2D eigenvalue weighted by atomic mass is 10.1. The highest BCUT2D eigenvalue weighted by atomic mass is 79.9. The number of hydrogen-bond acceptors (Lipinski definition) is 6. The second-order valence-electron chi connectivity index (χ2n) is 6.24. The lowest BCUT2D eigenvalue weighted by Crippen LogP contribution is -2.43. The first-order chi connectivity index (χ1) is 13.4. The molecule has 0 aliphatic carbocycles. The normalized spacial score (nSPS) is 20.6. The predicted molar refractivity (Wildman–Crippen MR) is 101 cm³/mol. The maximum absolute atomic E-state index is 13.2. The lowest BCUT2D eigenvalue weighted by Gasteiger charge is -2.20. The molecule has 1 N–H and O–H groups in total. The summed E-state index contributed by atoms with van der Waals surface area (Å²) in [4.78, 5) is 38.8. The van der Waals surface area contributed by atoms with Crippen molar-refractivity contribution in [3.8, 4) is 0 Å². The number of nitrogens with one attached hydrogen (secondary N) is 1. The van der Waals surface area contributed by atoms with Gasteiger partial charge in [0.1, 0.15) is 12.4 Å². The topological polar surface area (TPSA) is 94.4 Å². The molecule has 2 aliphatic heterocycles. The fourth-order valence-electron chi connectivity index (χ4n) is 3.14. The molecular weight excluding hydrogens is 433 g/mol. The summed E-state index contributed by atoms with van der Waals surface area (Å²) in [6, 6.07) is 10.2. The van der Waals surface area contributed by atoms with Crippen LogP contribution in [0.4, 0.5) is 15.8 Å². The lowest BCUT2D eigenvalue weighted by molar-refractivity contribution is -0.123. The summed E-state index contributed by atoms with van der Waals surface area (Å²) in [5.74, 6) is -1.99. The van der Waals surface area contributed by atoms with E-state index in [0.717, 1.165) is 9.37 Å². The molecule has 10 heteroatoms. The van der Waals surface area contributed by atoms with E-state index in [1.165, 1.54) is 29.3 Å². The fraction of sp³-hybridized carbons (Fsp3) is 0.167. The number of anilines is 2. The second-order valence-corrected chi connectivity index (χ2v) is 7.16. The van der Waals surface area contributed by atoms with Crippen molar-refractivity contribution < 1.29 is 18.8 Å². The summed E-state index contributed by atoms with van der Waals surface area (Å²) in [7, 11) is 0. The quantitative estimate of drug-likeness (QED) is 0.731. The molecule has 2 aromatic carbocycles. The molecule has 8 nitrogen and oxygen atoms in total. The Morgan fingerprint density at radius 3 is 2.68 bits per heavy atom. The minimum atomic E-state index is -0.992. The third kappa shape index (κ3) is 3.26. The van der Waals surface area contributed by atoms with Crippen LogP contribution in [0.5, 0.6) is 0 Å². The van der Waals surface area contributed by atoms with Crippen molar-refractivity contribution in [1.82, 2.24) is 5.01 Å². The van der Waals surface area contributed by atoms with E-state index < -0.39 is 35.6 Å². The number of nitrogens with zero attached hydrogens (tertiary/aromatic N) is 4. The maximum atomic E-state index is 13.2. The molecule has 2 atom stereocenters. The molecule has 1 saturated heterocycles. The SMILES string of the molecule is O=C(CN1N=N[C@H]2C(=O)N(c3cccc(Br)c3)C(=O)[C@H]21)Nc1cccc(F)c1. The smallest absolute Gasteiger partial charge is 0.263 e. The van der Waals surface area contributed by atoms with Crippen LogP contribution in [-0.4, -0.2) is 41.4 Å². The molecule has 2 aromatic rings. The Hall–Kier alpha value is -3.14. The van der Waals surface area contributed by atoms with Gasteiger partial charge in [-0.25, -0.2) is 9.29 Å². The fourth-order valence-corrected chi connectivity index (χ4v) is 3.52. The molecule has 0 saturated carbocycles. The van der Waals surface area contributed by atoms with Crippen molar-refractivity contribution in [1.29, 1.82) is 0 Å². The number of carbonyl (C=O) groups is 3. The molecule has 4 rings (SSSR count). The maximum Gasteiger partial charge on any atom is 0.263 e. The molecule has 0 unspecified atom stereocenters. The molecule has 2 heterocycles. The van der Waals surface area contributed by atoms with Crippen molar-refractivity contribution in [3.63, 3.8) is 0 Å². The van der Waals surface area contributed by atoms with Gasteiger partial charge in [-0.3, -0.25) is 19.4 Å². The summed E-state index contributed by atoms with van der Waals surface area (Å²) in [5, 5.41) is 11.4. The summed E-state index contributed by atoms with van der Waals surface area (Å²) >= 11 is 3.31. The van der Waals surface area contributed by atoms with E-state index in [1.807, 2.05) is 0 Å². The van der Waals surface area contributed by atoms with Crippen LogP contribution >= 0.6 is 15.9 Å². The first-order valence-corrected chi connectivity index (χ1v) is 9.09. The number of fused-ring (bicyclic) bond motifs is 1. The van der Waals surface area contributed by atoms with Gasteiger partial charge in [0.25, 0.3) is 11.8 Å². The van der Waals surface area contributed by atoms with Crippen LogP contribution in [0.1, 0.15) is 0 Å². The van der Waals surface area contributed by atoms with E-state index in [1.54, 1.807) is 24.3 Å². The Balaban J connectivity index is 1.49. The van der Waals surface area contributed by atoms with Gasteiger partial charge in [-0.05, 0) is 36.4 Å². The van der Waals surface area contributed by atoms with Crippen LogP contribution in [0.25, 0.3) is 0 Å². The molecule has 142 valence electrons. The zero-order chi connectivity index (χ0) is 19.8. The molecule has 0 aromatic heterocycles. The third-order valence-electron chi connectivity index (χ3n) is 4.34. The zero-order valence-electron chi connectivity index (χ0n) is 14.3. The first-order valence-electron chi connectivity index (χ1n) is 8.30.